The molecule has 3 fully saturated rings. The number of amidine groups is 2. The van der Waals surface area contributed by atoms with Crippen LogP contribution in [0.15, 0.2) is 46.2 Å². The summed E-state index contributed by atoms with van der Waals surface area (Å²) in [5.74, 6) is 1.86. The van der Waals surface area contributed by atoms with Crippen LogP contribution in [-0.4, -0.2) is 101 Å². The van der Waals surface area contributed by atoms with Crippen molar-refractivity contribution in [3.63, 3.8) is 0 Å². The van der Waals surface area contributed by atoms with E-state index in [2.05, 4.69) is 67.3 Å². The van der Waals surface area contributed by atoms with E-state index in [1.807, 2.05) is 12.1 Å². The number of piperazine rings is 1. The normalized spacial score (nSPS) is 23.5. The van der Waals surface area contributed by atoms with E-state index in [1.54, 1.807) is 12.3 Å². The van der Waals surface area contributed by atoms with Gasteiger partial charge in [-0.3, -0.25) is 19.9 Å². The van der Waals surface area contributed by atoms with Crippen LogP contribution >= 0.6 is 23.2 Å². The number of aliphatic imine (C=N–C) groups is 1. The molecule has 1 aliphatic carbocycles. The minimum atomic E-state index is -3.81. The first-order valence-electron chi connectivity index (χ1n) is 15.8. The molecule has 46 heavy (non-hydrogen) atoms. The summed E-state index contributed by atoms with van der Waals surface area (Å²) in [5.41, 5.74) is 2.74. The van der Waals surface area contributed by atoms with Crippen molar-refractivity contribution >= 4 is 56.6 Å². The fraction of sp³-hybridized carbons (Fsp3) is 0.500. The molecule has 3 N–H and O–H groups in total. The summed E-state index contributed by atoms with van der Waals surface area (Å²) in [6.07, 6.45) is 8.34. The number of piperidine rings is 1. The molecule has 3 aromatic rings. The van der Waals surface area contributed by atoms with Gasteiger partial charge in [-0.05, 0) is 69.0 Å². The molecule has 1 saturated carbocycles. The van der Waals surface area contributed by atoms with Crippen LogP contribution in [0, 0.1) is 0 Å². The molecule has 2 aromatic heterocycles. The first-order chi connectivity index (χ1) is 22.2. The molecule has 5 heterocycles. The van der Waals surface area contributed by atoms with E-state index in [4.69, 9.17) is 23.2 Å². The molecule has 0 radical (unpaired) electrons. The van der Waals surface area contributed by atoms with E-state index in [9.17, 15) is 8.42 Å². The number of benzene rings is 1. The van der Waals surface area contributed by atoms with Gasteiger partial charge in [-0.1, -0.05) is 36.2 Å². The van der Waals surface area contributed by atoms with Crippen molar-refractivity contribution in [3.05, 3.63) is 52.4 Å². The molecule has 13 nitrogen and oxygen atoms in total. The van der Waals surface area contributed by atoms with Gasteiger partial charge in [0.1, 0.15) is 12.1 Å². The van der Waals surface area contributed by atoms with Gasteiger partial charge in [0.05, 0.1) is 22.9 Å². The van der Waals surface area contributed by atoms with Gasteiger partial charge < -0.3 is 10.2 Å². The summed E-state index contributed by atoms with van der Waals surface area (Å²) >= 11 is 13.1. The van der Waals surface area contributed by atoms with E-state index in [0.29, 0.717) is 27.8 Å². The highest BCUT2D eigenvalue weighted by Gasteiger charge is 2.35. The molecule has 16 heteroatoms. The molecule has 0 amide bonds. The molecule has 1 atom stereocenters. The number of H-pyrrole nitrogens is 1. The molecular weight excluding hydrogens is 649 g/mol. The Morgan fingerprint density at radius 1 is 1.07 bits per heavy atom. The van der Waals surface area contributed by atoms with Gasteiger partial charge in [0.25, 0.3) is 0 Å². The number of halogens is 2. The lowest BCUT2D eigenvalue weighted by Gasteiger charge is -2.47. The highest BCUT2D eigenvalue weighted by atomic mass is 35.5. The zero-order valence-electron chi connectivity index (χ0n) is 25.5. The lowest BCUT2D eigenvalue weighted by molar-refractivity contribution is 0.0611. The van der Waals surface area contributed by atoms with Crippen molar-refractivity contribution in [1.82, 2.24) is 34.7 Å². The first kappa shape index (κ1) is 31.3. The average molecular weight is 687 g/mol. The quantitative estimate of drug-likeness (QED) is 0.321. The number of aromatic amines is 1. The van der Waals surface area contributed by atoms with Crippen molar-refractivity contribution in [2.24, 2.45) is 9.39 Å². The van der Waals surface area contributed by atoms with Crippen LogP contribution in [0.1, 0.15) is 44.6 Å². The third-order valence-corrected chi connectivity index (χ3v) is 10.5. The van der Waals surface area contributed by atoms with Crippen LogP contribution in [0.3, 0.4) is 0 Å². The van der Waals surface area contributed by atoms with Crippen molar-refractivity contribution < 1.29 is 8.42 Å². The Labute approximate surface area is 278 Å². The highest BCUT2D eigenvalue weighted by molar-refractivity contribution is 7.89. The Bertz CT molecular complexity index is 1740. The predicted octanol–water partition coefficient (Wildman–Crippen LogP) is 3.96. The minimum Gasteiger partial charge on any atom is -0.353 e. The van der Waals surface area contributed by atoms with Gasteiger partial charge in [0, 0.05) is 48.8 Å². The summed E-state index contributed by atoms with van der Waals surface area (Å²) in [5, 5.41) is 11.2. The zero-order valence-corrected chi connectivity index (χ0v) is 27.9. The van der Waals surface area contributed by atoms with Crippen molar-refractivity contribution in [2.75, 3.05) is 42.9 Å². The second-order valence-corrected chi connectivity index (χ2v) is 14.4. The van der Waals surface area contributed by atoms with Gasteiger partial charge in [0.2, 0.25) is 0 Å². The summed E-state index contributed by atoms with van der Waals surface area (Å²) in [4.78, 5) is 20.9. The second-order valence-electron chi connectivity index (χ2n) is 12.3. The van der Waals surface area contributed by atoms with E-state index in [-0.39, 0.29) is 17.7 Å². The number of rotatable bonds is 8. The largest absolute Gasteiger partial charge is 0.353 e. The van der Waals surface area contributed by atoms with Gasteiger partial charge in [0.15, 0.2) is 17.5 Å². The van der Waals surface area contributed by atoms with Crippen LogP contribution in [0.25, 0.3) is 11.4 Å². The Hall–Kier alpha value is -3.30. The lowest BCUT2D eigenvalue weighted by atomic mass is 9.97. The summed E-state index contributed by atoms with van der Waals surface area (Å²) in [6, 6.07) is 8.81. The Morgan fingerprint density at radius 3 is 2.61 bits per heavy atom. The molecule has 7 rings (SSSR count). The number of likely N-dealkylation sites (tertiary alicyclic amines) is 1. The fourth-order valence-electron chi connectivity index (χ4n) is 6.58. The molecule has 244 valence electrons. The van der Waals surface area contributed by atoms with Crippen molar-refractivity contribution in [1.29, 1.82) is 0 Å². The SMILES string of the molecule is CC[C@H]1CN(c2ncc(NC3=NS(=O)(=O)NC3=NC3CC3)cc2Cl)CCN1C1CCN(Cc2ccc(Cl)cc2-c2ncn[nH]2)CC1. The molecule has 0 spiro atoms. The second kappa shape index (κ2) is 13.1. The molecule has 0 unspecified atom stereocenters. The van der Waals surface area contributed by atoms with Crippen LogP contribution in [0.2, 0.25) is 10.0 Å². The lowest BCUT2D eigenvalue weighted by Crippen LogP contribution is -2.58. The summed E-state index contributed by atoms with van der Waals surface area (Å²) in [7, 11) is -3.81. The third-order valence-electron chi connectivity index (χ3n) is 9.07. The highest BCUT2D eigenvalue weighted by Crippen LogP contribution is 2.32. The average Bonchev–Trinajstić information content (AvgIpc) is 3.59. The monoisotopic (exact) mass is 685 g/mol. The number of hydrogen-bond donors (Lipinski definition) is 3. The number of nitrogens with one attached hydrogen (secondary N) is 3. The Kier molecular flexibility index (Phi) is 8.89. The number of nitrogens with zero attached hydrogens (tertiary/aromatic N) is 8. The maximum Gasteiger partial charge on any atom is 0.345 e. The van der Waals surface area contributed by atoms with Crippen molar-refractivity contribution in [2.45, 2.75) is 63.7 Å². The van der Waals surface area contributed by atoms with Gasteiger partial charge in [-0.25, -0.2) is 14.7 Å². The topological polar surface area (TPSA) is 147 Å². The standard InChI is InChI=1S/C30H37Cl2N11O2S/c1-2-23-17-42(30-26(32)14-22(15-33-30)37-29-28(36-21-5-6-21)39-46(44,45)40-29)11-12-43(23)24-7-9-41(10-8-24)16-19-3-4-20(31)13-25(19)27-34-18-35-38-27/h3-4,13-15,18,21,23-24H,2,5-12,16-17H2,1H3,(H,36,39)(H,37,40)(H,34,35,38)/t23-/m0/s1. The van der Waals surface area contributed by atoms with Crippen LogP contribution in [-0.2, 0) is 16.8 Å². The molecule has 3 aliphatic heterocycles. The molecule has 2 saturated heterocycles. The van der Waals surface area contributed by atoms with Crippen LogP contribution in [0.5, 0.6) is 0 Å². The first-order valence-corrected chi connectivity index (χ1v) is 17.9. The molecular formula is C30H37Cl2N11O2S. The van der Waals surface area contributed by atoms with Gasteiger partial charge in [-0.15, -0.1) is 4.40 Å². The Balaban J connectivity index is 0.960. The van der Waals surface area contributed by atoms with E-state index in [1.165, 1.54) is 11.9 Å². The zero-order chi connectivity index (χ0) is 31.8. The fourth-order valence-corrected chi connectivity index (χ4v) is 7.85. The number of pyridine rings is 1. The van der Waals surface area contributed by atoms with Gasteiger partial charge in [-0.2, -0.15) is 13.5 Å². The van der Waals surface area contributed by atoms with E-state index >= 15 is 0 Å². The van der Waals surface area contributed by atoms with E-state index < -0.39 is 10.2 Å². The summed E-state index contributed by atoms with van der Waals surface area (Å²) in [6.45, 7) is 7.75. The maximum atomic E-state index is 12.0. The number of aromatic nitrogens is 4. The molecule has 0 bridgehead atoms. The van der Waals surface area contributed by atoms with Gasteiger partial charge >= 0.3 is 10.2 Å². The molecule has 1 aromatic carbocycles. The molecule has 4 aliphatic rings. The van der Waals surface area contributed by atoms with Crippen LogP contribution in [0.4, 0.5) is 11.5 Å². The van der Waals surface area contributed by atoms with E-state index in [0.717, 1.165) is 88.6 Å². The van der Waals surface area contributed by atoms with Crippen LogP contribution < -0.4 is 14.9 Å². The van der Waals surface area contributed by atoms with Crippen molar-refractivity contribution in [3.8, 4) is 11.4 Å². The summed E-state index contributed by atoms with van der Waals surface area (Å²) < 4.78 is 30.2. The maximum absolute atomic E-state index is 12.0. The number of anilines is 2. The third kappa shape index (κ3) is 7.00. The smallest absolute Gasteiger partial charge is 0.345 e. The minimum absolute atomic E-state index is 0.137. The Morgan fingerprint density at radius 2 is 1.89 bits per heavy atom. The predicted molar refractivity (Wildman–Crippen MR) is 181 cm³/mol. The number of hydrogen-bond acceptors (Lipinski definition) is 10.